The molecule has 5 N–H and O–H groups in total. The molecule has 1 aliphatic heterocycles. The summed E-state index contributed by atoms with van der Waals surface area (Å²) in [4.78, 5) is 13.8. The van der Waals surface area contributed by atoms with Crippen molar-refractivity contribution in [1.82, 2.24) is 4.90 Å². The number of carbonyl (C=O) groups excluding carboxylic acids is 1. The fourth-order valence-electron chi connectivity index (χ4n) is 2.06. The van der Waals surface area contributed by atoms with Crippen LogP contribution in [0.5, 0.6) is 0 Å². The van der Waals surface area contributed by atoms with Crippen molar-refractivity contribution in [3.8, 4) is 0 Å². The summed E-state index contributed by atoms with van der Waals surface area (Å²) in [7, 11) is 0. The summed E-state index contributed by atoms with van der Waals surface area (Å²) in [6, 6.07) is 4.85. The first-order valence-corrected chi connectivity index (χ1v) is 5.56. The molecule has 0 bridgehead atoms. The predicted molar refractivity (Wildman–Crippen MR) is 66.4 cm³/mol. The second kappa shape index (κ2) is 3.92. The number of anilines is 2. The first-order chi connectivity index (χ1) is 7.89. The summed E-state index contributed by atoms with van der Waals surface area (Å²) in [6.07, 6.45) is 0.591. The number of nitrogens with zero attached hydrogens (tertiary/aromatic N) is 1. The van der Waals surface area contributed by atoms with Crippen molar-refractivity contribution in [1.29, 1.82) is 0 Å². The first kappa shape index (κ1) is 11.7. The van der Waals surface area contributed by atoms with E-state index in [4.69, 9.17) is 11.5 Å². The summed E-state index contributed by atoms with van der Waals surface area (Å²) >= 11 is 0. The van der Waals surface area contributed by atoms with Gasteiger partial charge in [0.25, 0.3) is 5.91 Å². The number of aliphatic hydroxyl groups is 1. The van der Waals surface area contributed by atoms with Crippen LogP contribution in [0.2, 0.25) is 0 Å². The largest absolute Gasteiger partial charge is 0.399 e. The monoisotopic (exact) mass is 235 g/mol. The lowest BCUT2D eigenvalue weighted by atomic mass is 10.1. The van der Waals surface area contributed by atoms with Gasteiger partial charge < -0.3 is 21.5 Å². The Kier molecular flexibility index (Phi) is 2.71. The predicted octanol–water partition coefficient (Wildman–Crippen LogP) is 0.448. The topological polar surface area (TPSA) is 92.6 Å². The Labute approximate surface area is 100 Å². The van der Waals surface area contributed by atoms with E-state index in [0.717, 1.165) is 0 Å². The SMILES string of the molecule is CC1(O)CCN(C(=O)c2ccc(N)cc2N)C1. The number of hydrogen-bond donors (Lipinski definition) is 3. The number of nitrogen functional groups attached to an aromatic ring is 2. The zero-order chi connectivity index (χ0) is 12.6. The van der Waals surface area contributed by atoms with E-state index >= 15 is 0 Å². The molecule has 5 heteroatoms. The minimum atomic E-state index is -0.793. The number of nitrogens with two attached hydrogens (primary N) is 2. The van der Waals surface area contributed by atoms with Crippen molar-refractivity contribution in [2.45, 2.75) is 18.9 Å². The minimum Gasteiger partial charge on any atom is -0.399 e. The molecule has 1 heterocycles. The van der Waals surface area contributed by atoms with Crippen LogP contribution < -0.4 is 11.5 Å². The van der Waals surface area contributed by atoms with E-state index in [1.54, 1.807) is 30.0 Å². The van der Waals surface area contributed by atoms with Crippen LogP contribution in [-0.4, -0.2) is 34.6 Å². The van der Waals surface area contributed by atoms with Crippen molar-refractivity contribution in [3.63, 3.8) is 0 Å². The Morgan fingerprint density at radius 3 is 2.71 bits per heavy atom. The number of hydrogen-bond acceptors (Lipinski definition) is 4. The zero-order valence-electron chi connectivity index (χ0n) is 9.81. The van der Waals surface area contributed by atoms with E-state index in [1.807, 2.05) is 0 Å². The maximum Gasteiger partial charge on any atom is 0.256 e. The Morgan fingerprint density at radius 1 is 1.47 bits per heavy atom. The highest BCUT2D eigenvalue weighted by atomic mass is 16.3. The average Bonchev–Trinajstić information content (AvgIpc) is 2.58. The van der Waals surface area contributed by atoms with Gasteiger partial charge in [0.15, 0.2) is 0 Å². The summed E-state index contributed by atoms with van der Waals surface area (Å²) in [5, 5.41) is 9.83. The van der Waals surface area contributed by atoms with Gasteiger partial charge in [0, 0.05) is 24.5 Å². The van der Waals surface area contributed by atoms with Gasteiger partial charge in [-0.25, -0.2) is 0 Å². The van der Waals surface area contributed by atoms with Gasteiger partial charge in [0.1, 0.15) is 0 Å². The highest BCUT2D eigenvalue weighted by Gasteiger charge is 2.34. The normalized spacial score (nSPS) is 24.0. The van der Waals surface area contributed by atoms with Gasteiger partial charge in [0.05, 0.1) is 11.2 Å². The summed E-state index contributed by atoms with van der Waals surface area (Å²) < 4.78 is 0. The van der Waals surface area contributed by atoms with Crippen LogP contribution in [0.25, 0.3) is 0 Å². The van der Waals surface area contributed by atoms with Gasteiger partial charge >= 0.3 is 0 Å². The highest BCUT2D eigenvalue weighted by molar-refractivity contribution is 5.99. The van der Waals surface area contributed by atoms with Crippen molar-refractivity contribution >= 4 is 17.3 Å². The van der Waals surface area contributed by atoms with Crippen LogP contribution in [0.3, 0.4) is 0 Å². The Morgan fingerprint density at radius 2 is 2.18 bits per heavy atom. The molecule has 2 rings (SSSR count). The van der Waals surface area contributed by atoms with Crippen LogP contribution >= 0.6 is 0 Å². The van der Waals surface area contributed by atoms with Crippen LogP contribution in [-0.2, 0) is 0 Å². The minimum absolute atomic E-state index is 0.153. The Bertz CT molecular complexity index is 457. The molecule has 0 saturated carbocycles. The van der Waals surface area contributed by atoms with Gasteiger partial charge in [-0.15, -0.1) is 0 Å². The quantitative estimate of drug-likeness (QED) is 0.616. The van der Waals surface area contributed by atoms with Gasteiger partial charge in [-0.1, -0.05) is 0 Å². The molecule has 1 aromatic carbocycles. The summed E-state index contributed by atoms with van der Waals surface area (Å²) in [5.41, 5.74) is 11.9. The molecule has 1 amide bonds. The molecular weight excluding hydrogens is 218 g/mol. The summed E-state index contributed by atoms with van der Waals surface area (Å²) in [6.45, 7) is 2.62. The molecule has 1 unspecified atom stereocenters. The van der Waals surface area contributed by atoms with Crippen molar-refractivity contribution < 1.29 is 9.90 Å². The van der Waals surface area contributed by atoms with E-state index in [9.17, 15) is 9.90 Å². The lowest BCUT2D eigenvalue weighted by molar-refractivity contribution is 0.0572. The molecule has 92 valence electrons. The van der Waals surface area contributed by atoms with Crippen molar-refractivity contribution in [3.05, 3.63) is 23.8 Å². The molecular formula is C12H17N3O2. The van der Waals surface area contributed by atoms with Crippen LogP contribution in [0.15, 0.2) is 18.2 Å². The maximum absolute atomic E-state index is 12.2. The second-order valence-corrected chi connectivity index (χ2v) is 4.82. The van der Waals surface area contributed by atoms with E-state index in [-0.39, 0.29) is 5.91 Å². The average molecular weight is 235 g/mol. The fraction of sp³-hybridized carbons (Fsp3) is 0.417. The third-order valence-corrected chi connectivity index (χ3v) is 3.05. The maximum atomic E-state index is 12.2. The smallest absolute Gasteiger partial charge is 0.256 e. The molecule has 1 aromatic rings. The van der Waals surface area contributed by atoms with Gasteiger partial charge in [0.2, 0.25) is 0 Å². The van der Waals surface area contributed by atoms with Crippen LogP contribution in [0.4, 0.5) is 11.4 Å². The van der Waals surface area contributed by atoms with Crippen molar-refractivity contribution in [2.24, 2.45) is 0 Å². The third kappa shape index (κ3) is 2.34. The molecule has 17 heavy (non-hydrogen) atoms. The molecule has 0 aromatic heterocycles. The van der Waals surface area contributed by atoms with Gasteiger partial charge in [-0.2, -0.15) is 0 Å². The molecule has 0 spiro atoms. The third-order valence-electron chi connectivity index (χ3n) is 3.05. The summed E-state index contributed by atoms with van der Waals surface area (Å²) in [5.74, 6) is -0.153. The highest BCUT2D eigenvalue weighted by Crippen LogP contribution is 2.24. The number of benzene rings is 1. The number of amides is 1. The number of β-amino-alcohol motifs (C(OH)–C–C–N with tert-alkyl or cyclic N) is 1. The standard InChI is InChI=1S/C12H17N3O2/c1-12(17)4-5-15(7-12)11(16)9-3-2-8(13)6-10(9)14/h2-3,6,17H,4-5,7,13-14H2,1H3. The molecule has 1 fully saturated rings. The molecule has 1 atom stereocenters. The van der Waals surface area contributed by atoms with Crippen LogP contribution in [0, 0.1) is 0 Å². The number of rotatable bonds is 1. The Balaban J connectivity index is 2.21. The van der Waals surface area contributed by atoms with E-state index < -0.39 is 5.60 Å². The zero-order valence-corrected chi connectivity index (χ0v) is 9.81. The molecule has 5 nitrogen and oxygen atoms in total. The van der Waals surface area contributed by atoms with E-state index in [2.05, 4.69) is 0 Å². The number of carbonyl (C=O) groups is 1. The van der Waals surface area contributed by atoms with Crippen molar-refractivity contribution in [2.75, 3.05) is 24.6 Å². The first-order valence-electron chi connectivity index (χ1n) is 5.56. The molecule has 1 aliphatic rings. The lowest BCUT2D eigenvalue weighted by Gasteiger charge is -2.19. The second-order valence-electron chi connectivity index (χ2n) is 4.82. The molecule has 1 saturated heterocycles. The molecule has 0 aliphatic carbocycles. The van der Waals surface area contributed by atoms with E-state index in [0.29, 0.717) is 36.4 Å². The Hall–Kier alpha value is -1.75. The van der Waals surface area contributed by atoms with Crippen LogP contribution in [0.1, 0.15) is 23.7 Å². The fourth-order valence-corrected chi connectivity index (χ4v) is 2.06. The van der Waals surface area contributed by atoms with Gasteiger partial charge in [-0.05, 0) is 31.5 Å². The number of likely N-dealkylation sites (tertiary alicyclic amines) is 1. The lowest BCUT2D eigenvalue weighted by Crippen LogP contribution is -2.34. The van der Waals surface area contributed by atoms with Gasteiger partial charge in [-0.3, -0.25) is 4.79 Å². The van der Waals surface area contributed by atoms with E-state index in [1.165, 1.54) is 0 Å². The molecule has 0 radical (unpaired) electrons.